The number of amides is 1. The van der Waals surface area contributed by atoms with Crippen molar-refractivity contribution in [2.75, 3.05) is 5.32 Å². The minimum absolute atomic E-state index is 0.0342. The molecule has 0 radical (unpaired) electrons. The van der Waals surface area contributed by atoms with Crippen molar-refractivity contribution in [1.29, 1.82) is 0 Å². The molecule has 0 saturated carbocycles. The Morgan fingerprint density at radius 2 is 1.67 bits per heavy atom. The van der Waals surface area contributed by atoms with Gasteiger partial charge in [-0.3, -0.25) is 4.79 Å². The molecule has 1 rings (SSSR count). The number of carbonyl (C=O) groups is 1. The molecule has 0 aromatic heterocycles. The molecule has 3 heteroatoms. The van der Waals surface area contributed by atoms with Crippen LogP contribution in [0.25, 0.3) is 0 Å². The predicted octanol–water partition coefficient (Wildman–Crippen LogP) is 3.67. The fraction of sp³-hybridized carbons (Fsp3) is 0.533. The van der Waals surface area contributed by atoms with Crippen LogP contribution in [0.1, 0.15) is 47.1 Å². The molecule has 0 bridgehead atoms. The van der Waals surface area contributed by atoms with Crippen molar-refractivity contribution in [3.8, 4) is 5.75 Å². The van der Waals surface area contributed by atoms with Crippen LogP contribution >= 0.6 is 0 Å². The number of anilines is 1. The molecule has 0 aliphatic heterocycles. The highest BCUT2D eigenvalue weighted by atomic mass is 16.3. The van der Waals surface area contributed by atoms with E-state index in [4.69, 9.17) is 0 Å². The second-order valence-electron chi connectivity index (χ2n) is 6.69. The summed E-state index contributed by atoms with van der Waals surface area (Å²) in [5.74, 6) is 0.226. The maximum absolute atomic E-state index is 11.9. The second-order valence-corrected chi connectivity index (χ2v) is 6.69. The van der Waals surface area contributed by atoms with E-state index in [2.05, 4.69) is 5.32 Å². The summed E-state index contributed by atoms with van der Waals surface area (Å²) in [6, 6.07) is 5.17. The van der Waals surface area contributed by atoms with Crippen LogP contribution in [0.4, 0.5) is 5.69 Å². The minimum atomic E-state index is -0.431. The quantitative estimate of drug-likeness (QED) is 0.746. The monoisotopic (exact) mass is 249 g/mol. The zero-order valence-electron chi connectivity index (χ0n) is 12.1. The number of hydrogen-bond donors (Lipinski definition) is 2. The van der Waals surface area contributed by atoms with Gasteiger partial charge < -0.3 is 10.4 Å². The number of phenolic OH excluding ortho intramolecular Hbond substituents is 1. The Hall–Kier alpha value is -1.51. The largest absolute Gasteiger partial charge is 0.508 e. The van der Waals surface area contributed by atoms with Gasteiger partial charge in [-0.2, -0.15) is 0 Å². The Balaban J connectivity index is 3.04. The molecule has 0 heterocycles. The van der Waals surface area contributed by atoms with Gasteiger partial charge in [0, 0.05) is 16.7 Å². The number of carbonyl (C=O) groups excluding carboxylic acids is 1. The van der Waals surface area contributed by atoms with Gasteiger partial charge in [0.05, 0.1) is 0 Å². The zero-order chi connectivity index (χ0) is 14.1. The van der Waals surface area contributed by atoms with Crippen molar-refractivity contribution in [3.63, 3.8) is 0 Å². The van der Waals surface area contributed by atoms with E-state index in [0.29, 0.717) is 0 Å². The molecule has 0 aliphatic rings. The van der Waals surface area contributed by atoms with Gasteiger partial charge in [0.2, 0.25) is 5.91 Å². The Morgan fingerprint density at radius 1 is 1.11 bits per heavy atom. The minimum Gasteiger partial charge on any atom is -0.508 e. The summed E-state index contributed by atoms with van der Waals surface area (Å²) in [7, 11) is 0. The van der Waals surface area contributed by atoms with Crippen molar-refractivity contribution in [2.45, 2.75) is 47.0 Å². The molecular weight excluding hydrogens is 226 g/mol. The molecule has 0 unspecified atom stereocenters. The Bertz CT molecular complexity index is 451. The maximum atomic E-state index is 11.9. The molecule has 0 spiro atoms. The average Bonchev–Trinajstić information content (AvgIpc) is 2.17. The molecule has 0 saturated heterocycles. The highest BCUT2D eigenvalue weighted by Gasteiger charge is 2.23. The molecule has 0 fully saturated rings. The SMILES string of the molecule is CC(C)(C)C(=O)Nc1ccc(O)c(C(C)(C)C)c1. The molecule has 0 atom stereocenters. The van der Waals surface area contributed by atoms with E-state index in [0.717, 1.165) is 11.3 Å². The van der Waals surface area contributed by atoms with E-state index in [1.165, 1.54) is 0 Å². The normalized spacial score (nSPS) is 12.3. The Labute approximate surface area is 109 Å². The Morgan fingerprint density at radius 3 is 2.11 bits per heavy atom. The lowest BCUT2D eigenvalue weighted by Gasteiger charge is -2.22. The van der Waals surface area contributed by atoms with Gasteiger partial charge in [-0.25, -0.2) is 0 Å². The van der Waals surface area contributed by atoms with Crippen LogP contribution in [0, 0.1) is 5.41 Å². The number of nitrogens with one attached hydrogen (secondary N) is 1. The summed E-state index contributed by atoms with van der Waals surface area (Å²) in [5.41, 5.74) is 0.957. The molecule has 100 valence electrons. The van der Waals surface area contributed by atoms with Crippen molar-refractivity contribution < 1.29 is 9.90 Å². The smallest absolute Gasteiger partial charge is 0.229 e. The van der Waals surface area contributed by atoms with Gasteiger partial charge in [0.25, 0.3) is 0 Å². The number of phenols is 1. The van der Waals surface area contributed by atoms with Gasteiger partial charge in [-0.05, 0) is 23.6 Å². The van der Waals surface area contributed by atoms with E-state index in [-0.39, 0.29) is 17.1 Å². The van der Waals surface area contributed by atoms with Crippen LogP contribution in [0.2, 0.25) is 0 Å². The molecule has 18 heavy (non-hydrogen) atoms. The van der Waals surface area contributed by atoms with Crippen LogP contribution in [0.15, 0.2) is 18.2 Å². The van der Waals surface area contributed by atoms with Crippen LogP contribution < -0.4 is 5.32 Å². The molecular formula is C15H23NO2. The predicted molar refractivity (Wildman–Crippen MR) is 74.9 cm³/mol. The first-order valence-corrected chi connectivity index (χ1v) is 6.17. The van der Waals surface area contributed by atoms with Gasteiger partial charge >= 0.3 is 0 Å². The van der Waals surface area contributed by atoms with E-state index < -0.39 is 5.41 Å². The third kappa shape index (κ3) is 3.49. The van der Waals surface area contributed by atoms with Gasteiger partial charge in [-0.15, -0.1) is 0 Å². The highest BCUT2D eigenvalue weighted by molar-refractivity contribution is 5.94. The average molecular weight is 249 g/mol. The van der Waals surface area contributed by atoms with Crippen LogP contribution in [0.5, 0.6) is 5.75 Å². The molecule has 0 aliphatic carbocycles. The van der Waals surface area contributed by atoms with Gasteiger partial charge in [0.1, 0.15) is 5.75 Å². The summed E-state index contributed by atoms with van der Waals surface area (Å²) in [6.45, 7) is 11.7. The lowest BCUT2D eigenvalue weighted by Crippen LogP contribution is -2.27. The van der Waals surface area contributed by atoms with Crippen molar-refractivity contribution in [3.05, 3.63) is 23.8 Å². The first kappa shape index (κ1) is 14.6. The van der Waals surface area contributed by atoms with E-state index in [1.807, 2.05) is 47.6 Å². The first-order chi connectivity index (χ1) is 8.01. The second kappa shape index (κ2) is 4.63. The summed E-state index contributed by atoms with van der Waals surface area (Å²) in [5, 5.41) is 12.7. The first-order valence-electron chi connectivity index (χ1n) is 6.17. The van der Waals surface area contributed by atoms with Crippen LogP contribution in [-0.2, 0) is 10.2 Å². The lowest BCUT2D eigenvalue weighted by atomic mass is 9.86. The number of aromatic hydroxyl groups is 1. The van der Waals surface area contributed by atoms with Gasteiger partial charge in [0.15, 0.2) is 0 Å². The van der Waals surface area contributed by atoms with Crippen molar-refractivity contribution in [1.82, 2.24) is 0 Å². The summed E-state index contributed by atoms with van der Waals surface area (Å²) in [4.78, 5) is 11.9. The lowest BCUT2D eigenvalue weighted by molar-refractivity contribution is -0.123. The number of benzene rings is 1. The van der Waals surface area contributed by atoms with E-state index >= 15 is 0 Å². The van der Waals surface area contributed by atoms with E-state index in [1.54, 1.807) is 12.1 Å². The number of hydrogen-bond acceptors (Lipinski definition) is 2. The fourth-order valence-electron chi connectivity index (χ4n) is 1.53. The standard InChI is InChI=1S/C15H23NO2/c1-14(2,3)11-9-10(7-8-12(11)17)16-13(18)15(4,5)6/h7-9,17H,1-6H3,(H,16,18). The summed E-state index contributed by atoms with van der Waals surface area (Å²) >= 11 is 0. The fourth-order valence-corrected chi connectivity index (χ4v) is 1.53. The molecule has 2 N–H and O–H groups in total. The van der Waals surface area contributed by atoms with Crippen molar-refractivity contribution >= 4 is 11.6 Å². The van der Waals surface area contributed by atoms with E-state index in [9.17, 15) is 9.90 Å². The zero-order valence-corrected chi connectivity index (χ0v) is 12.1. The molecule has 1 amide bonds. The van der Waals surface area contributed by atoms with Crippen molar-refractivity contribution in [2.24, 2.45) is 5.41 Å². The highest BCUT2D eigenvalue weighted by Crippen LogP contribution is 2.33. The molecule has 3 nitrogen and oxygen atoms in total. The number of rotatable bonds is 1. The Kier molecular flexibility index (Phi) is 3.75. The van der Waals surface area contributed by atoms with Crippen LogP contribution in [-0.4, -0.2) is 11.0 Å². The van der Waals surface area contributed by atoms with Gasteiger partial charge in [-0.1, -0.05) is 41.5 Å². The third-order valence-corrected chi connectivity index (χ3v) is 2.74. The summed E-state index contributed by atoms with van der Waals surface area (Å²) < 4.78 is 0. The third-order valence-electron chi connectivity index (χ3n) is 2.74. The molecule has 1 aromatic carbocycles. The topological polar surface area (TPSA) is 49.3 Å². The van der Waals surface area contributed by atoms with Crippen LogP contribution in [0.3, 0.4) is 0 Å². The molecule has 1 aromatic rings. The maximum Gasteiger partial charge on any atom is 0.229 e. The summed E-state index contributed by atoms with van der Waals surface area (Å²) in [6.07, 6.45) is 0.